The van der Waals surface area contributed by atoms with Crippen LogP contribution in [0.2, 0.25) is 0 Å². The molecule has 0 aromatic rings. The van der Waals surface area contributed by atoms with Crippen molar-refractivity contribution in [3.8, 4) is 0 Å². The van der Waals surface area contributed by atoms with Gasteiger partial charge < -0.3 is 10.5 Å². The number of hydrogen-bond acceptors (Lipinski definition) is 3. The summed E-state index contributed by atoms with van der Waals surface area (Å²) < 4.78 is 5.35. The molecule has 0 amide bonds. The van der Waals surface area contributed by atoms with E-state index in [9.17, 15) is 0 Å². The van der Waals surface area contributed by atoms with Crippen molar-refractivity contribution >= 4 is 0 Å². The fourth-order valence-electron chi connectivity index (χ4n) is 2.90. The smallest absolute Gasteiger partial charge is 0.0618 e. The molecule has 17 heavy (non-hydrogen) atoms. The Bertz CT molecular complexity index is 191. The highest BCUT2D eigenvalue weighted by Crippen LogP contribution is 2.28. The maximum Gasteiger partial charge on any atom is 0.0618 e. The van der Waals surface area contributed by atoms with Gasteiger partial charge in [0.05, 0.1) is 6.61 Å². The van der Waals surface area contributed by atoms with Gasteiger partial charge in [-0.3, -0.25) is 4.90 Å². The summed E-state index contributed by atoms with van der Waals surface area (Å²) in [6.45, 7) is 4.00. The SMILES string of the molecule is COCC(CCCN)N(C)C1CCC(C)CC1. The van der Waals surface area contributed by atoms with Crippen molar-refractivity contribution in [3.63, 3.8) is 0 Å². The Balaban J connectivity index is 2.42. The standard InChI is InChI=1S/C14H30N2O/c1-12-6-8-13(9-7-12)16(2)14(11-17-3)5-4-10-15/h12-14H,4-11,15H2,1-3H3. The maximum absolute atomic E-state index is 5.61. The normalized spacial score (nSPS) is 27.4. The molecule has 0 aromatic carbocycles. The summed E-state index contributed by atoms with van der Waals surface area (Å²) in [5.41, 5.74) is 5.61. The van der Waals surface area contributed by atoms with E-state index >= 15 is 0 Å². The van der Waals surface area contributed by atoms with Crippen LogP contribution in [-0.2, 0) is 4.74 Å². The first-order valence-electron chi connectivity index (χ1n) is 7.10. The summed E-state index contributed by atoms with van der Waals surface area (Å²) in [5, 5.41) is 0. The van der Waals surface area contributed by atoms with Crippen molar-refractivity contribution < 1.29 is 4.74 Å². The van der Waals surface area contributed by atoms with E-state index in [1.165, 1.54) is 25.7 Å². The lowest BCUT2D eigenvalue weighted by Gasteiger charge is -2.38. The highest BCUT2D eigenvalue weighted by Gasteiger charge is 2.26. The molecule has 0 heterocycles. The molecule has 1 aliphatic rings. The Hall–Kier alpha value is -0.120. The minimum Gasteiger partial charge on any atom is -0.383 e. The summed E-state index contributed by atoms with van der Waals surface area (Å²) in [7, 11) is 4.06. The fourth-order valence-corrected chi connectivity index (χ4v) is 2.90. The zero-order valence-electron chi connectivity index (χ0n) is 11.8. The van der Waals surface area contributed by atoms with E-state index in [1.807, 2.05) is 0 Å². The van der Waals surface area contributed by atoms with E-state index in [0.717, 1.165) is 38.0 Å². The summed E-state index contributed by atoms with van der Waals surface area (Å²) in [6.07, 6.45) is 7.71. The lowest BCUT2D eigenvalue weighted by atomic mass is 9.86. The average molecular weight is 242 g/mol. The molecule has 3 heteroatoms. The van der Waals surface area contributed by atoms with Crippen molar-refractivity contribution in [2.24, 2.45) is 11.7 Å². The summed E-state index contributed by atoms with van der Waals surface area (Å²) in [6, 6.07) is 1.30. The van der Waals surface area contributed by atoms with Crippen molar-refractivity contribution in [1.29, 1.82) is 0 Å². The minimum atomic E-state index is 0.543. The third-order valence-corrected chi connectivity index (χ3v) is 4.24. The van der Waals surface area contributed by atoms with Crippen molar-refractivity contribution in [3.05, 3.63) is 0 Å². The molecule has 1 fully saturated rings. The molecule has 102 valence electrons. The van der Waals surface area contributed by atoms with Gasteiger partial charge in [0, 0.05) is 19.2 Å². The van der Waals surface area contributed by atoms with Gasteiger partial charge in [-0.15, -0.1) is 0 Å². The molecule has 0 aliphatic heterocycles. The second kappa shape index (κ2) is 8.06. The topological polar surface area (TPSA) is 38.5 Å². The van der Waals surface area contributed by atoms with E-state index < -0.39 is 0 Å². The number of hydrogen-bond donors (Lipinski definition) is 1. The lowest BCUT2D eigenvalue weighted by Crippen LogP contribution is -2.44. The Morgan fingerprint density at radius 2 is 1.94 bits per heavy atom. The van der Waals surface area contributed by atoms with Gasteiger partial charge in [0.1, 0.15) is 0 Å². The van der Waals surface area contributed by atoms with Crippen LogP contribution >= 0.6 is 0 Å². The third kappa shape index (κ3) is 4.94. The molecule has 1 aliphatic carbocycles. The van der Waals surface area contributed by atoms with Crippen LogP contribution in [0.5, 0.6) is 0 Å². The van der Waals surface area contributed by atoms with Gasteiger partial charge in [0.25, 0.3) is 0 Å². The number of likely N-dealkylation sites (N-methyl/N-ethyl adjacent to an activating group) is 1. The molecule has 1 unspecified atom stereocenters. The first kappa shape index (κ1) is 14.9. The highest BCUT2D eigenvalue weighted by atomic mass is 16.5. The van der Waals surface area contributed by atoms with Gasteiger partial charge in [-0.25, -0.2) is 0 Å². The Labute approximate surface area is 107 Å². The third-order valence-electron chi connectivity index (χ3n) is 4.24. The van der Waals surface area contributed by atoms with Gasteiger partial charge in [-0.05, 0) is 58.0 Å². The van der Waals surface area contributed by atoms with Crippen LogP contribution in [0.25, 0.3) is 0 Å². The Kier molecular flexibility index (Phi) is 7.09. The number of nitrogens with zero attached hydrogens (tertiary/aromatic N) is 1. The largest absolute Gasteiger partial charge is 0.383 e. The second-order valence-electron chi connectivity index (χ2n) is 5.62. The van der Waals surface area contributed by atoms with Crippen LogP contribution in [0.3, 0.4) is 0 Å². The molecule has 3 nitrogen and oxygen atoms in total. The van der Waals surface area contributed by atoms with Gasteiger partial charge in [-0.1, -0.05) is 6.92 Å². The predicted molar refractivity (Wildman–Crippen MR) is 73.1 cm³/mol. The Morgan fingerprint density at radius 1 is 1.29 bits per heavy atom. The van der Waals surface area contributed by atoms with Gasteiger partial charge in [0.15, 0.2) is 0 Å². The number of nitrogens with two attached hydrogens (primary N) is 1. The monoisotopic (exact) mass is 242 g/mol. The first-order chi connectivity index (χ1) is 8.19. The van der Waals surface area contributed by atoms with Crippen LogP contribution in [0.4, 0.5) is 0 Å². The van der Waals surface area contributed by atoms with Crippen molar-refractivity contribution in [2.75, 3.05) is 27.3 Å². The van der Waals surface area contributed by atoms with E-state index in [4.69, 9.17) is 10.5 Å². The van der Waals surface area contributed by atoms with Crippen molar-refractivity contribution in [2.45, 2.75) is 57.5 Å². The van der Waals surface area contributed by atoms with Crippen LogP contribution in [0.15, 0.2) is 0 Å². The van der Waals surface area contributed by atoms with Crippen LogP contribution in [-0.4, -0.2) is 44.3 Å². The van der Waals surface area contributed by atoms with E-state index in [-0.39, 0.29) is 0 Å². The molecular weight excluding hydrogens is 212 g/mol. The first-order valence-corrected chi connectivity index (χ1v) is 7.10. The molecule has 0 aromatic heterocycles. The molecule has 1 atom stereocenters. The van der Waals surface area contributed by atoms with E-state index in [2.05, 4.69) is 18.9 Å². The summed E-state index contributed by atoms with van der Waals surface area (Å²) >= 11 is 0. The van der Waals surface area contributed by atoms with Crippen LogP contribution < -0.4 is 5.73 Å². The quantitative estimate of drug-likeness (QED) is 0.744. The summed E-state index contributed by atoms with van der Waals surface area (Å²) in [4.78, 5) is 2.55. The molecule has 0 spiro atoms. The minimum absolute atomic E-state index is 0.543. The highest BCUT2D eigenvalue weighted by molar-refractivity contribution is 4.81. The zero-order valence-corrected chi connectivity index (χ0v) is 11.8. The number of rotatable bonds is 7. The second-order valence-corrected chi connectivity index (χ2v) is 5.62. The van der Waals surface area contributed by atoms with Crippen LogP contribution in [0.1, 0.15) is 45.4 Å². The van der Waals surface area contributed by atoms with E-state index in [1.54, 1.807) is 7.11 Å². The zero-order chi connectivity index (χ0) is 12.7. The summed E-state index contributed by atoms with van der Waals surface area (Å²) in [5.74, 6) is 0.921. The Morgan fingerprint density at radius 3 is 2.47 bits per heavy atom. The van der Waals surface area contributed by atoms with Crippen LogP contribution in [0, 0.1) is 5.92 Å². The molecule has 0 saturated heterocycles. The molecule has 0 bridgehead atoms. The maximum atomic E-state index is 5.61. The van der Waals surface area contributed by atoms with E-state index in [0.29, 0.717) is 6.04 Å². The average Bonchev–Trinajstić information content (AvgIpc) is 2.34. The molecule has 1 rings (SSSR count). The molecule has 1 saturated carbocycles. The fraction of sp³-hybridized carbons (Fsp3) is 1.00. The van der Waals surface area contributed by atoms with Gasteiger partial charge >= 0.3 is 0 Å². The van der Waals surface area contributed by atoms with Crippen molar-refractivity contribution in [1.82, 2.24) is 4.90 Å². The molecule has 0 radical (unpaired) electrons. The number of methoxy groups -OCH3 is 1. The lowest BCUT2D eigenvalue weighted by molar-refractivity contribution is 0.0564. The molecular formula is C14H30N2O. The predicted octanol–water partition coefficient (Wildman–Crippen LogP) is 2.25. The number of ether oxygens (including phenoxy) is 1. The molecule has 2 N–H and O–H groups in total. The van der Waals surface area contributed by atoms with Gasteiger partial charge in [0.2, 0.25) is 0 Å². The van der Waals surface area contributed by atoms with Gasteiger partial charge in [-0.2, -0.15) is 0 Å².